The molecule has 0 aliphatic carbocycles. The van der Waals surface area contributed by atoms with Crippen LogP contribution in [0.2, 0.25) is 0 Å². The van der Waals surface area contributed by atoms with Crippen molar-refractivity contribution >= 4 is 23.3 Å². The Hall–Kier alpha value is -2.37. The van der Waals surface area contributed by atoms with E-state index < -0.39 is 11.8 Å². The molecule has 0 spiro atoms. The van der Waals surface area contributed by atoms with E-state index in [0.29, 0.717) is 5.69 Å². The molecule has 0 unspecified atom stereocenters. The topological polar surface area (TPSA) is 104 Å². The first-order chi connectivity index (χ1) is 8.40. The number of carbonyl (C=O) groups excluding carboxylic acids is 2. The van der Waals surface area contributed by atoms with E-state index in [2.05, 4.69) is 5.32 Å². The molecule has 3 N–H and O–H groups in total. The summed E-state index contributed by atoms with van der Waals surface area (Å²) < 4.78 is 0. The third-order valence-electron chi connectivity index (χ3n) is 2.18. The highest BCUT2D eigenvalue weighted by atomic mass is 16.4. The first kappa shape index (κ1) is 13.7. The van der Waals surface area contributed by atoms with Gasteiger partial charge in [0.1, 0.15) is 5.75 Å². The first-order valence-corrected chi connectivity index (χ1v) is 5.25. The Kier molecular flexibility index (Phi) is 4.42. The fourth-order valence-electron chi connectivity index (χ4n) is 1.40. The lowest BCUT2D eigenvalue weighted by Crippen LogP contribution is -2.07. The Balaban J connectivity index is 2.81. The molecule has 6 heteroatoms. The molecule has 0 radical (unpaired) electrons. The van der Waals surface area contributed by atoms with Crippen LogP contribution < -0.4 is 5.32 Å². The largest absolute Gasteiger partial charge is 0.507 e. The van der Waals surface area contributed by atoms with Gasteiger partial charge in [0.25, 0.3) is 0 Å². The molecule has 0 heterocycles. The number of aliphatic carboxylic acids is 1. The van der Waals surface area contributed by atoms with Gasteiger partial charge in [0.15, 0.2) is 5.78 Å². The van der Waals surface area contributed by atoms with E-state index in [1.54, 1.807) is 0 Å². The van der Waals surface area contributed by atoms with Crippen LogP contribution >= 0.6 is 0 Å². The van der Waals surface area contributed by atoms with Gasteiger partial charge in [-0.05, 0) is 12.1 Å². The number of nitrogens with one attached hydrogen (secondary N) is 1. The van der Waals surface area contributed by atoms with Gasteiger partial charge in [-0.25, -0.2) is 0 Å². The summed E-state index contributed by atoms with van der Waals surface area (Å²) in [5, 5.41) is 20.5. The quantitative estimate of drug-likeness (QED) is 0.686. The zero-order valence-electron chi connectivity index (χ0n) is 9.77. The molecule has 0 aliphatic heterocycles. The number of phenolic OH excluding ortho intramolecular Hbond substituents is 1. The van der Waals surface area contributed by atoms with Gasteiger partial charge in [-0.3, -0.25) is 14.4 Å². The van der Waals surface area contributed by atoms with Gasteiger partial charge in [0.2, 0.25) is 5.91 Å². The molecule has 0 atom stereocenters. The second-order valence-corrected chi connectivity index (χ2v) is 3.73. The molecule has 0 bridgehead atoms. The lowest BCUT2D eigenvalue weighted by Gasteiger charge is -2.06. The van der Waals surface area contributed by atoms with Gasteiger partial charge in [-0.15, -0.1) is 0 Å². The number of amides is 1. The second kappa shape index (κ2) is 5.81. The number of Topliss-reactive ketones (excluding diaryl/α,β-unsaturated/α-hetero) is 1. The molecule has 1 rings (SSSR count). The summed E-state index contributed by atoms with van der Waals surface area (Å²) in [5.41, 5.74) is 0.417. The SMILES string of the molecule is CC(=O)Nc1ccc(C(=O)CCC(=O)O)c(O)c1. The molecule has 1 aromatic rings. The van der Waals surface area contributed by atoms with Crippen molar-refractivity contribution in [1.82, 2.24) is 0 Å². The van der Waals surface area contributed by atoms with E-state index >= 15 is 0 Å². The number of carboxylic acids is 1. The number of aromatic hydroxyl groups is 1. The summed E-state index contributed by atoms with van der Waals surface area (Å²) in [5.74, 6) is -2.10. The lowest BCUT2D eigenvalue weighted by atomic mass is 10.0. The Morgan fingerprint density at radius 2 is 1.89 bits per heavy atom. The van der Waals surface area contributed by atoms with Crippen LogP contribution in [0.1, 0.15) is 30.1 Å². The summed E-state index contributed by atoms with van der Waals surface area (Å²) in [6.45, 7) is 1.32. The van der Waals surface area contributed by atoms with E-state index in [4.69, 9.17) is 5.11 Å². The van der Waals surface area contributed by atoms with E-state index in [0.717, 1.165) is 0 Å². The average molecular weight is 251 g/mol. The fourth-order valence-corrected chi connectivity index (χ4v) is 1.40. The van der Waals surface area contributed by atoms with Crippen LogP contribution in [-0.2, 0) is 9.59 Å². The van der Waals surface area contributed by atoms with E-state index in [-0.39, 0.29) is 30.1 Å². The number of ketones is 1. The van der Waals surface area contributed by atoms with Crippen LogP contribution in [0.5, 0.6) is 5.75 Å². The normalized spacial score (nSPS) is 9.83. The molecule has 0 saturated heterocycles. The number of carboxylic acid groups (broad SMARTS) is 1. The van der Waals surface area contributed by atoms with E-state index in [1.807, 2.05) is 0 Å². The average Bonchev–Trinajstić information content (AvgIpc) is 2.25. The van der Waals surface area contributed by atoms with Crippen LogP contribution in [0.15, 0.2) is 18.2 Å². The Labute approximate surface area is 103 Å². The molecule has 1 aromatic carbocycles. The number of hydrogen-bond acceptors (Lipinski definition) is 4. The lowest BCUT2D eigenvalue weighted by molar-refractivity contribution is -0.137. The van der Waals surface area contributed by atoms with Crippen molar-refractivity contribution in [3.8, 4) is 5.75 Å². The van der Waals surface area contributed by atoms with Gasteiger partial charge in [-0.1, -0.05) is 0 Å². The summed E-state index contributed by atoms with van der Waals surface area (Å²) in [7, 11) is 0. The van der Waals surface area contributed by atoms with Crippen LogP contribution in [0.25, 0.3) is 0 Å². The first-order valence-electron chi connectivity index (χ1n) is 5.25. The number of rotatable bonds is 5. The standard InChI is InChI=1S/C12H13NO5/c1-7(14)13-8-2-3-9(11(16)6-8)10(15)4-5-12(17)18/h2-3,6,16H,4-5H2,1H3,(H,13,14)(H,17,18). The predicted octanol–water partition coefficient (Wildman–Crippen LogP) is 1.40. The maximum absolute atomic E-state index is 11.6. The number of benzene rings is 1. The molecule has 1 amide bonds. The molecule has 0 aromatic heterocycles. The molecule has 6 nitrogen and oxygen atoms in total. The Bertz CT molecular complexity index is 495. The number of phenols is 1. The van der Waals surface area contributed by atoms with Crippen molar-refractivity contribution in [3.05, 3.63) is 23.8 Å². The fraction of sp³-hybridized carbons (Fsp3) is 0.250. The highest BCUT2D eigenvalue weighted by Crippen LogP contribution is 2.23. The van der Waals surface area contributed by atoms with E-state index in [9.17, 15) is 19.5 Å². The minimum atomic E-state index is -1.07. The van der Waals surface area contributed by atoms with Crippen molar-refractivity contribution in [2.24, 2.45) is 0 Å². The van der Waals surface area contributed by atoms with Gasteiger partial charge >= 0.3 is 5.97 Å². The molecular formula is C12H13NO5. The second-order valence-electron chi connectivity index (χ2n) is 3.73. The van der Waals surface area contributed by atoms with Crippen LogP contribution in [0, 0.1) is 0 Å². The highest BCUT2D eigenvalue weighted by molar-refractivity contribution is 6.00. The van der Waals surface area contributed by atoms with Crippen molar-refractivity contribution in [1.29, 1.82) is 0 Å². The smallest absolute Gasteiger partial charge is 0.303 e. The summed E-state index contributed by atoms with van der Waals surface area (Å²) in [4.78, 5) is 32.7. The molecule has 0 saturated carbocycles. The number of hydrogen-bond donors (Lipinski definition) is 3. The van der Waals surface area contributed by atoms with Gasteiger partial charge in [-0.2, -0.15) is 0 Å². The monoisotopic (exact) mass is 251 g/mol. The van der Waals surface area contributed by atoms with Crippen LogP contribution in [0.4, 0.5) is 5.69 Å². The third-order valence-corrected chi connectivity index (χ3v) is 2.18. The van der Waals surface area contributed by atoms with Gasteiger partial charge < -0.3 is 15.5 Å². The summed E-state index contributed by atoms with van der Waals surface area (Å²) >= 11 is 0. The van der Waals surface area contributed by atoms with E-state index in [1.165, 1.54) is 25.1 Å². The number of anilines is 1. The Morgan fingerprint density at radius 1 is 1.22 bits per heavy atom. The number of carbonyl (C=O) groups is 3. The zero-order valence-corrected chi connectivity index (χ0v) is 9.77. The molecule has 18 heavy (non-hydrogen) atoms. The maximum atomic E-state index is 11.6. The van der Waals surface area contributed by atoms with Crippen molar-refractivity contribution < 1.29 is 24.6 Å². The zero-order chi connectivity index (χ0) is 13.7. The van der Waals surface area contributed by atoms with Crippen LogP contribution in [0.3, 0.4) is 0 Å². The Morgan fingerprint density at radius 3 is 2.39 bits per heavy atom. The minimum absolute atomic E-state index is 0.0466. The minimum Gasteiger partial charge on any atom is -0.507 e. The van der Waals surface area contributed by atoms with Gasteiger partial charge in [0.05, 0.1) is 12.0 Å². The molecule has 0 aliphatic rings. The van der Waals surface area contributed by atoms with Crippen molar-refractivity contribution in [2.45, 2.75) is 19.8 Å². The predicted molar refractivity (Wildman–Crippen MR) is 63.6 cm³/mol. The van der Waals surface area contributed by atoms with Crippen molar-refractivity contribution in [3.63, 3.8) is 0 Å². The molecule has 0 fully saturated rings. The van der Waals surface area contributed by atoms with Crippen molar-refractivity contribution in [2.75, 3.05) is 5.32 Å². The highest BCUT2D eigenvalue weighted by Gasteiger charge is 2.13. The molecular weight excluding hydrogens is 238 g/mol. The summed E-state index contributed by atoms with van der Waals surface area (Å²) in [6.07, 6.45) is -0.464. The van der Waals surface area contributed by atoms with Gasteiger partial charge in [0, 0.05) is 25.1 Å². The third kappa shape index (κ3) is 3.89. The van der Waals surface area contributed by atoms with Crippen LogP contribution in [-0.4, -0.2) is 27.9 Å². The maximum Gasteiger partial charge on any atom is 0.303 e. The summed E-state index contributed by atoms with van der Waals surface area (Å²) in [6, 6.07) is 4.06. The molecule has 96 valence electrons.